The maximum atomic E-state index is 12.8. The van der Waals surface area contributed by atoms with E-state index in [2.05, 4.69) is 12.6 Å². The number of benzene rings is 1. The minimum atomic E-state index is -0.211. The summed E-state index contributed by atoms with van der Waals surface area (Å²) in [5.74, 6) is 0.205. The van der Waals surface area contributed by atoms with Gasteiger partial charge in [-0.25, -0.2) is 4.39 Å². The summed E-state index contributed by atoms with van der Waals surface area (Å²) in [7, 11) is 0. The molecule has 0 aliphatic heterocycles. The van der Waals surface area contributed by atoms with Crippen molar-refractivity contribution in [1.29, 1.82) is 0 Å². The number of hydrogen-bond donors (Lipinski definition) is 2. The summed E-state index contributed by atoms with van der Waals surface area (Å²) >= 11 is 3.99. The van der Waals surface area contributed by atoms with E-state index < -0.39 is 0 Å². The van der Waals surface area contributed by atoms with Crippen LogP contribution < -0.4 is 5.73 Å². The van der Waals surface area contributed by atoms with Gasteiger partial charge < -0.3 is 5.73 Å². The van der Waals surface area contributed by atoms with E-state index in [0.717, 1.165) is 5.56 Å². The van der Waals surface area contributed by atoms with Gasteiger partial charge in [0.1, 0.15) is 5.82 Å². The summed E-state index contributed by atoms with van der Waals surface area (Å²) in [6, 6.07) is 4.85. The van der Waals surface area contributed by atoms with Crippen molar-refractivity contribution < 1.29 is 4.39 Å². The van der Waals surface area contributed by atoms with Crippen molar-refractivity contribution >= 4 is 12.6 Å². The van der Waals surface area contributed by atoms with Gasteiger partial charge in [-0.1, -0.05) is 12.1 Å². The van der Waals surface area contributed by atoms with E-state index in [0.29, 0.717) is 17.9 Å². The molecule has 0 atom stereocenters. The molecule has 0 amide bonds. The Labute approximate surface area is 70.8 Å². The lowest BCUT2D eigenvalue weighted by Gasteiger charge is -2.01. The molecule has 0 saturated heterocycles. The molecule has 11 heavy (non-hydrogen) atoms. The number of hydrogen-bond acceptors (Lipinski definition) is 2. The van der Waals surface area contributed by atoms with Crippen LogP contribution in [0.5, 0.6) is 0 Å². The highest BCUT2D eigenvalue weighted by Crippen LogP contribution is 2.11. The number of thiol groups is 1. The Hall–Kier alpha value is -0.540. The molecule has 1 rings (SSSR count). The fraction of sp³-hybridized carbons (Fsp3) is 0.250. The first-order valence-corrected chi connectivity index (χ1v) is 3.99. The first-order chi connectivity index (χ1) is 5.27. The molecule has 0 saturated carbocycles. The molecular formula is C8H10FNS. The zero-order valence-corrected chi connectivity index (χ0v) is 6.94. The second-order valence-corrected chi connectivity index (χ2v) is 2.60. The molecule has 0 aliphatic carbocycles. The number of halogens is 1. The average molecular weight is 171 g/mol. The van der Waals surface area contributed by atoms with Crippen molar-refractivity contribution in [2.75, 3.05) is 0 Å². The summed E-state index contributed by atoms with van der Waals surface area (Å²) in [6.07, 6.45) is 0. The molecule has 0 unspecified atom stereocenters. The lowest BCUT2D eigenvalue weighted by Crippen LogP contribution is -1.98. The monoisotopic (exact) mass is 171 g/mol. The van der Waals surface area contributed by atoms with Crippen LogP contribution in [0.25, 0.3) is 0 Å². The average Bonchev–Trinajstić information content (AvgIpc) is 2.05. The van der Waals surface area contributed by atoms with Crippen LogP contribution in [0, 0.1) is 5.82 Å². The van der Waals surface area contributed by atoms with Gasteiger partial charge in [0, 0.05) is 12.3 Å². The second-order valence-electron chi connectivity index (χ2n) is 2.29. The third-order valence-corrected chi connectivity index (χ3v) is 1.86. The Morgan fingerprint density at radius 3 is 2.73 bits per heavy atom. The maximum absolute atomic E-state index is 12.8. The molecular weight excluding hydrogens is 161 g/mol. The van der Waals surface area contributed by atoms with Crippen LogP contribution >= 0.6 is 12.6 Å². The Morgan fingerprint density at radius 2 is 2.18 bits per heavy atom. The maximum Gasteiger partial charge on any atom is 0.127 e. The Bertz CT molecular complexity index is 250. The second kappa shape index (κ2) is 3.74. The molecule has 1 aromatic carbocycles. The smallest absolute Gasteiger partial charge is 0.127 e. The lowest BCUT2D eigenvalue weighted by molar-refractivity contribution is 0.616. The zero-order chi connectivity index (χ0) is 8.27. The summed E-state index contributed by atoms with van der Waals surface area (Å²) in [6.45, 7) is 0.445. The summed E-state index contributed by atoms with van der Waals surface area (Å²) < 4.78 is 12.8. The van der Waals surface area contributed by atoms with Crippen LogP contribution in [-0.4, -0.2) is 0 Å². The topological polar surface area (TPSA) is 26.0 Å². The van der Waals surface area contributed by atoms with E-state index in [9.17, 15) is 4.39 Å². The Morgan fingerprint density at radius 1 is 1.45 bits per heavy atom. The molecule has 0 bridgehead atoms. The van der Waals surface area contributed by atoms with Crippen LogP contribution in [0.4, 0.5) is 4.39 Å². The number of rotatable bonds is 2. The molecule has 0 radical (unpaired) electrons. The van der Waals surface area contributed by atoms with Gasteiger partial charge in [0.25, 0.3) is 0 Å². The van der Waals surface area contributed by atoms with Crippen molar-refractivity contribution in [2.45, 2.75) is 12.3 Å². The van der Waals surface area contributed by atoms with Crippen LogP contribution in [-0.2, 0) is 12.3 Å². The SMILES string of the molecule is NCc1ccc(F)c(CS)c1. The van der Waals surface area contributed by atoms with Gasteiger partial charge in [0.05, 0.1) is 0 Å². The fourth-order valence-electron chi connectivity index (χ4n) is 0.876. The molecule has 60 valence electrons. The fourth-order valence-corrected chi connectivity index (χ4v) is 1.12. The minimum Gasteiger partial charge on any atom is -0.326 e. The first-order valence-electron chi connectivity index (χ1n) is 3.36. The standard InChI is InChI=1S/C8H10FNS/c9-8-2-1-6(4-10)3-7(8)5-11/h1-3,11H,4-5,10H2. The van der Waals surface area contributed by atoms with Gasteiger partial charge in [0.2, 0.25) is 0 Å². The van der Waals surface area contributed by atoms with E-state index >= 15 is 0 Å². The largest absolute Gasteiger partial charge is 0.326 e. The predicted molar refractivity (Wildman–Crippen MR) is 47.0 cm³/mol. The van der Waals surface area contributed by atoms with E-state index in [-0.39, 0.29) is 5.82 Å². The summed E-state index contributed by atoms with van der Waals surface area (Å²) in [5.41, 5.74) is 6.92. The van der Waals surface area contributed by atoms with Crippen LogP contribution in [0.3, 0.4) is 0 Å². The van der Waals surface area contributed by atoms with Crippen molar-refractivity contribution in [3.63, 3.8) is 0 Å². The third kappa shape index (κ3) is 1.94. The minimum absolute atomic E-state index is 0.211. The van der Waals surface area contributed by atoms with Gasteiger partial charge in [-0.05, 0) is 17.2 Å². The van der Waals surface area contributed by atoms with Crippen molar-refractivity contribution in [3.8, 4) is 0 Å². The first kappa shape index (κ1) is 8.56. The van der Waals surface area contributed by atoms with Gasteiger partial charge >= 0.3 is 0 Å². The molecule has 0 spiro atoms. The van der Waals surface area contributed by atoms with Gasteiger partial charge in [-0.3, -0.25) is 0 Å². The molecule has 0 heterocycles. The highest BCUT2D eigenvalue weighted by molar-refractivity contribution is 7.79. The highest BCUT2D eigenvalue weighted by Gasteiger charge is 1.99. The van der Waals surface area contributed by atoms with E-state index in [1.54, 1.807) is 12.1 Å². The lowest BCUT2D eigenvalue weighted by atomic mass is 10.1. The van der Waals surface area contributed by atoms with Crippen LogP contribution in [0.15, 0.2) is 18.2 Å². The Balaban J connectivity index is 3.02. The van der Waals surface area contributed by atoms with Gasteiger partial charge in [0.15, 0.2) is 0 Å². The Kier molecular flexibility index (Phi) is 2.91. The third-order valence-electron chi connectivity index (χ3n) is 1.52. The molecule has 0 fully saturated rings. The molecule has 2 N–H and O–H groups in total. The summed E-state index contributed by atoms with van der Waals surface area (Å²) in [4.78, 5) is 0. The van der Waals surface area contributed by atoms with Crippen LogP contribution in [0.2, 0.25) is 0 Å². The highest BCUT2D eigenvalue weighted by atomic mass is 32.1. The molecule has 0 aromatic heterocycles. The molecule has 0 aliphatic rings. The summed E-state index contributed by atoms with van der Waals surface area (Å²) in [5, 5.41) is 0. The van der Waals surface area contributed by atoms with Crippen molar-refractivity contribution in [2.24, 2.45) is 5.73 Å². The quantitative estimate of drug-likeness (QED) is 0.651. The zero-order valence-electron chi connectivity index (χ0n) is 6.05. The van der Waals surface area contributed by atoms with E-state index in [4.69, 9.17) is 5.73 Å². The predicted octanol–water partition coefficient (Wildman–Crippen LogP) is 1.71. The van der Waals surface area contributed by atoms with Gasteiger partial charge in [-0.2, -0.15) is 12.6 Å². The molecule has 1 aromatic rings. The molecule has 1 nitrogen and oxygen atoms in total. The van der Waals surface area contributed by atoms with Crippen molar-refractivity contribution in [3.05, 3.63) is 35.1 Å². The van der Waals surface area contributed by atoms with E-state index in [1.807, 2.05) is 0 Å². The normalized spacial score (nSPS) is 10.1. The van der Waals surface area contributed by atoms with Crippen molar-refractivity contribution in [1.82, 2.24) is 0 Å². The van der Waals surface area contributed by atoms with E-state index in [1.165, 1.54) is 6.07 Å². The van der Waals surface area contributed by atoms with Gasteiger partial charge in [-0.15, -0.1) is 0 Å². The molecule has 3 heteroatoms. The van der Waals surface area contributed by atoms with Crippen LogP contribution in [0.1, 0.15) is 11.1 Å². The number of nitrogens with two attached hydrogens (primary N) is 1.